The average Bonchev–Trinajstić information content (AvgIpc) is 2.17. The van der Waals surface area contributed by atoms with Gasteiger partial charge in [-0.2, -0.15) is 0 Å². The number of hydrogen-bond donors (Lipinski definition) is 1. The van der Waals surface area contributed by atoms with Crippen molar-refractivity contribution in [1.82, 2.24) is 5.32 Å². The summed E-state index contributed by atoms with van der Waals surface area (Å²) in [6.45, 7) is 7.63. The van der Waals surface area contributed by atoms with Crippen molar-refractivity contribution in [1.29, 1.82) is 0 Å². The van der Waals surface area contributed by atoms with Gasteiger partial charge in [-0.05, 0) is 23.6 Å². The SMILES string of the molecule is CNCC=Cc1cccc(C(C)(C)C)c1. The van der Waals surface area contributed by atoms with Crippen molar-refractivity contribution in [2.45, 2.75) is 26.2 Å². The summed E-state index contributed by atoms with van der Waals surface area (Å²) in [6, 6.07) is 8.71. The second-order valence-corrected chi connectivity index (χ2v) is 4.84. The van der Waals surface area contributed by atoms with Crippen molar-refractivity contribution in [3.63, 3.8) is 0 Å². The van der Waals surface area contributed by atoms with E-state index in [1.165, 1.54) is 11.1 Å². The van der Waals surface area contributed by atoms with Gasteiger partial charge in [-0.1, -0.05) is 57.2 Å². The molecule has 1 rings (SSSR count). The highest BCUT2D eigenvalue weighted by molar-refractivity contribution is 5.51. The zero-order chi connectivity index (χ0) is 11.3. The monoisotopic (exact) mass is 203 g/mol. The lowest BCUT2D eigenvalue weighted by Gasteiger charge is -2.19. The molecule has 0 bridgehead atoms. The zero-order valence-corrected chi connectivity index (χ0v) is 10.2. The van der Waals surface area contributed by atoms with Crippen LogP contribution in [0.1, 0.15) is 31.9 Å². The van der Waals surface area contributed by atoms with Gasteiger partial charge in [0.1, 0.15) is 0 Å². The van der Waals surface area contributed by atoms with Gasteiger partial charge in [-0.15, -0.1) is 0 Å². The first-order chi connectivity index (χ1) is 7.04. The van der Waals surface area contributed by atoms with Crippen LogP contribution in [0, 0.1) is 0 Å². The molecule has 0 spiro atoms. The van der Waals surface area contributed by atoms with Gasteiger partial charge in [-0.25, -0.2) is 0 Å². The smallest absolute Gasteiger partial charge is 0.0135 e. The normalized spacial score (nSPS) is 12.3. The van der Waals surface area contributed by atoms with Crippen molar-refractivity contribution in [2.75, 3.05) is 13.6 Å². The summed E-state index contributed by atoms with van der Waals surface area (Å²) in [5.41, 5.74) is 2.89. The Labute approximate surface area is 93.2 Å². The fourth-order valence-electron chi connectivity index (χ4n) is 1.42. The van der Waals surface area contributed by atoms with E-state index in [0.29, 0.717) is 0 Å². The Morgan fingerprint density at radius 3 is 2.60 bits per heavy atom. The Kier molecular flexibility index (Phi) is 4.10. The van der Waals surface area contributed by atoms with Crippen LogP contribution >= 0.6 is 0 Å². The molecular weight excluding hydrogens is 182 g/mol. The van der Waals surface area contributed by atoms with Crippen LogP contribution in [0.15, 0.2) is 30.3 Å². The molecule has 0 heterocycles. The molecular formula is C14H21N. The zero-order valence-electron chi connectivity index (χ0n) is 10.2. The van der Waals surface area contributed by atoms with Gasteiger partial charge in [0.15, 0.2) is 0 Å². The molecule has 0 unspecified atom stereocenters. The maximum atomic E-state index is 3.10. The lowest BCUT2D eigenvalue weighted by molar-refractivity contribution is 0.590. The van der Waals surface area contributed by atoms with Gasteiger partial charge in [0.25, 0.3) is 0 Å². The highest BCUT2D eigenvalue weighted by Crippen LogP contribution is 2.23. The Balaban J connectivity index is 2.84. The van der Waals surface area contributed by atoms with Crippen LogP contribution in [0.25, 0.3) is 6.08 Å². The number of hydrogen-bond acceptors (Lipinski definition) is 1. The molecule has 0 fully saturated rings. The number of rotatable bonds is 3. The fourth-order valence-corrected chi connectivity index (χ4v) is 1.42. The van der Waals surface area contributed by atoms with Crippen LogP contribution in [-0.4, -0.2) is 13.6 Å². The van der Waals surface area contributed by atoms with Crippen molar-refractivity contribution >= 4 is 6.08 Å². The number of benzene rings is 1. The van der Waals surface area contributed by atoms with E-state index in [0.717, 1.165) is 6.54 Å². The van der Waals surface area contributed by atoms with Crippen molar-refractivity contribution < 1.29 is 0 Å². The van der Waals surface area contributed by atoms with Gasteiger partial charge in [0.05, 0.1) is 0 Å². The number of likely N-dealkylation sites (N-methyl/N-ethyl adjacent to an activating group) is 1. The lowest BCUT2D eigenvalue weighted by Crippen LogP contribution is -2.10. The van der Waals surface area contributed by atoms with Gasteiger partial charge >= 0.3 is 0 Å². The van der Waals surface area contributed by atoms with E-state index in [4.69, 9.17) is 0 Å². The van der Waals surface area contributed by atoms with E-state index < -0.39 is 0 Å². The van der Waals surface area contributed by atoms with Crippen LogP contribution in [0.4, 0.5) is 0 Å². The molecule has 15 heavy (non-hydrogen) atoms. The Bertz CT molecular complexity index is 331. The third-order valence-electron chi connectivity index (χ3n) is 2.38. The highest BCUT2D eigenvalue weighted by Gasteiger charge is 2.12. The van der Waals surface area contributed by atoms with E-state index in [2.05, 4.69) is 62.5 Å². The first-order valence-electron chi connectivity index (χ1n) is 5.46. The molecule has 0 saturated heterocycles. The Morgan fingerprint density at radius 2 is 2.00 bits per heavy atom. The average molecular weight is 203 g/mol. The van der Waals surface area contributed by atoms with E-state index >= 15 is 0 Å². The fraction of sp³-hybridized carbons (Fsp3) is 0.429. The molecule has 1 N–H and O–H groups in total. The standard InChI is InChI=1S/C14H21N/c1-14(2,3)13-9-5-7-12(11-13)8-6-10-15-4/h5-9,11,15H,10H2,1-4H3. The maximum absolute atomic E-state index is 3.10. The first-order valence-corrected chi connectivity index (χ1v) is 5.46. The van der Waals surface area contributed by atoms with Crippen LogP contribution < -0.4 is 5.32 Å². The molecule has 0 aliphatic rings. The lowest BCUT2D eigenvalue weighted by atomic mass is 9.86. The molecule has 1 aromatic carbocycles. The first kappa shape index (κ1) is 12.0. The van der Waals surface area contributed by atoms with Gasteiger partial charge in [-0.3, -0.25) is 0 Å². The maximum Gasteiger partial charge on any atom is 0.0135 e. The summed E-state index contributed by atoms with van der Waals surface area (Å²) in [5.74, 6) is 0. The summed E-state index contributed by atoms with van der Waals surface area (Å²) < 4.78 is 0. The van der Waals surface area contributed by atoms with Crippen LogP contribution in [0.3, 0.4) is 0 Å². The molecule has 0 atom stereocenters. The third kappa shape index (κ3) is 3.88. The van der Waals surface area contributed by atoms with Crippen LogP contribution in [0.2, 0.25) is 0 Å². The second kappa shape index (κ2) is 5.13. The van der Waals surface area contributed by atoms with Crippen molar-refractivity contribution in [3.8, 4) is 0 Å². The van der Waals surface area contributed by atoms with Crippen molar-refractivity contribution in [3.05, 3.63) is 41.5 Å². The number of nitrogens with one attached hydrogen (secondary N) is 1. The van der Waals surface area contributed by atoms with Gasteiger partial charge in [0.2, 0.25) is 0 Å². The summed E-state index contributed by atoms with van der Waals surface area (Å²) in [5, 5.41) is 3.10. The molecule has 0 aliphatic carbocycles. The molecule has 1 nitrogen and oxygen atoms in total. The van der Waals surface area contributed by atoms with E-state index in [1.807, 2.05) is 7.05 Å². The molecule has 0 amide bonds. The molecule has 1 aromatic rings. The van der Waals surface area contributed by atoms with Crippen LogP contribution in [0.5, 0.6) is 0 Å². The second-order valence-electron chi connectivity index (χ2n) is 4.84. The molecule has 0 aromatic heterocycles. The van der Waals surface area contributed by atoms with E-state index in [-0.39, 0.29) is 5.41 Å². The summed E-state index contributed by atoms with van der Waals surface area (Å²) in [4.78, 5) is 0. The van der Waals surface area contributed by atoms with Gasteiger partial charge in [0, 0.05) is 6.54 Å². The Hall–Kier alpha value is -1.08. The van der Waals surface area contributed by atoms with E-state index in [9.17, 15) is 0 Å². The summed E-state index contributed by atoms with van der Waals surface area (Å²) in [7, 11) is 1.95. The predicted octanol–water partition coefficient (Wildman–Crippen LogP) is 3.22. The minimum absolute atomic E-state index is 0.229. The molecule has 82 valence electrons. The summed E-state index contributed by atoms with van der Waals surface area (Å²) >= 11 is 0. The third-order valence-corrected chi connectivity index (χ3v) is 2.38. The molecule has 0 radical (unpaired) electrons. The quantitative estimate of drug-likeness (QED) is 0.795. The largest absolute Gasteiger partial charge is 0.316 e. The van der Waals surface area contributed by atoms with Gasteiger partial charge < -0.3 is 5.32 Å². The molecule has 0 aliphatic heterocycles. The molecule has 0 saturated carbocycles. The minimum Gasteiger partial charge on any atom is -0.316 e. The molecule has 1 heteroatoms. The van der Waals surface area contributed by atoms with Crippen LogP contribution in [-0.2, 0) is 5.41 Å². The minimum atomic E-state index is 0.229. The summed E-state index contributed by atoms with van der Waals surface area (Å²) in [6.07, 6.45) is 4.30. The Morgan fingerprint density at radius 1 is 1.27 bits per heavy atom. The highest BCUT2D eigenvalue weighted by atomic mass is 14.8. The topological polar surface area (TPSA) is 12.0 Å². The van der Waals surface area contributed by atoms with E-state index in [1.54, 1.807) is 0 Å². The predicted molar refractivity (Wildman–Crippen MR) is 68.1 cm³/mol. The van der Waals surface area contributed by atoms with Crippen molar-refractivity contribution in [2.24, 2.45) is 0 Å².